The standard InChI is InChI=1S/C19H16N2O3S/c22-17(18-7-4-10-25-18)14-24-19(23)9-8-16-11-20-21(13-16)12-15-5-2-1-3-6-15/h1-11,13H,12,14H2/b9-8+. The van der Waals surface area contributed by atoms with E-state index in [4.69, 9.17) is 4.74 Å². The molecule has 0 bridgehead atoms. The zero-order valence-corrected chi connectivity index (χ0v) is 14.2. The predicted octanol–water partition coefficient (Wildman–Crippen LogP) is 3.43. The molecule has 5 nitrogen and oxygen atoms in total. The van der Waals surface area contributed by atoms with E-state index in [1.165, 1.54) is 17.4 Å². The fourth-order valence-corrected chi connectivity index (χ4v) is 2.83. The zero-order chi connectivity index (χ0) is 17.5. The Bertz CT molecular complexity index is 867. The van der Waals surface area contributed by atoms with E-state index >= 15 is 0 Å². The van der Waals surface area contributed by atoms with Gasteiger partial charge in [-0.15, -0.1) is 11.3 Å². The van der Waals surface area contributed by atoms with Crippen LogP contribution >= 0.6 is 11.3 Å². The Morgan fingerprint density at radius 2 is 2.00 bits per heavy atom. The molecule has 0 fully saturated rings. The highest BCUT2D eigenvalue weighted by Gasteiger charge is 2.09. The van der Waals surface area contributed by atoms with Gasteiger partial charge in [0.25, 0.3) is 0 Å². The molecule has 0 aliphatic heterocycles. The highest BCUT2D eigenvalue weighted by atomic mass is 32.1. The van der Waals surface area contributed by atoms with Crippen molar-refractivity contribution in [2.24, 2.45) is 0 Å². The minimum Gasteiger partial charge on any atom is -0.454 e. The number of carbonyl (C=O) groups is 2. The van der Waals surface area contributed by atoms with Crippen molar-refractivity contribution in [2.45, 2.75) is 6.54 Å². The lowest BCUT2D eigenvalue weighted by atomic mass is 10.2. The number of benzene rings is 1. The quantitative estimate of drug-likeness (QED) is 0.371. The van der Waals surface area contributed by atoms with E-state index in [-0.39, 0.29) is 12.4 Å². The first-order chi connectivity index (χ1) is 12.2. The van der Waals surface area contributed by atoms with E-state index in [2.05, 4.69) is 5.10 Å². The van der Waals surface area contributed by atoms with Crippen LogP contribution < -0.4 is 0 Å². The molecule has 0 aliphatic rings. The SMILES string of the molecule is O=C(/C=C/c1cnn(Cc2ccccc2)c1)OCC(=O)c1cccs1. The van der Waals surface area contributed by atoms with E-state index in [0.717, 1.165) is 11.1 Å². The molecule has 126 valence electrons. The number of Topliss-reactive ketones (excluding diaryl/α,β-unsaturated/α-hetero) is 1. The molecule has 25 heavy (non-hydrogen) atoms. The Morgan fingerprint density at radius 3 is 2.76 bits per heavy atom. The van der Waals surface area contributed by atoms with E-state index in [9.17, 15) is 9.59 Å². The normalized spacial score (nSPS) is 10.9. The molecule has 0 radical (unpaired) electrons. The topological polar surface area (TPSA) is 61.2 Å². The average molecular weight is 352 g/mol. The van der Waals surface area contributed by atoms with Crippen LogP contribution in [-0.2, 0) is 16.1 Å². The van der Waals surface area contributed by atoms with Crippen LogP contribution in [-0.4, -0.2) is 28.1 Å². The van der Waals surface area contributed by atoms with E-state index < -0.39 is 5.97 Å². The van der Waals surface area contributed by atoms with Crippen molar-refractivity contribution in [2.75, 3.05) is 6.61 Å². The third-order valence-corrected chi connectivity index (χ3v) is 4.30. The third kappa shape index (κ3) is 4.99. The highest BCUT2D eigenvalue weighted by molar-refractivity contribution is 7.12. The minimum absolute atomic E-state index is 0.201. The first kappa shape index (κ1) is 16.9. The summed E-state index contributed by atoms with van der Waals surface area (Å²) < 4.78 is 6.75. The molecule has 3 aromatic rings. The van der Waals surface area contributed by atoms with E-state index in [1.807, 2.05) is 41.9 Å². The molecule has 0 atom stereocenters. The molecule has 6 heteroatoms. The summed E-state index contributed by atoms with van der Waals surface area (Å²) in [5, 5.41) is 6.07. The van der Waals surface area contributed by atoms with Gasteiger partial charge in [-0.2, -0.15) is 5.10 Å². The van der Waals surface area contributed by atoms with Gasteiger partial charge in [-0.05, 0) is 23.1 Å². The molecular weight excluding hydrogens is 336 g/mol. The van der Waals surface area contributed by atoms with Crippen molar-refractivity contribution >= 4 is 29.2 Å². The molecule has 0 saturated heterocycles. The van der Waals surface area contributed by atoms with Gasteiger partial charge >= 0.3 is 5.97 Å². The maximum atomic E-state index is 11.8. The molecule has 0 spiro atoms. The van der Waals surface area contributed by atoms with Gasteiger partial charge in [-0.3, -0.25) is 9.48 Å². The fraction of sp³-hybridized carbons (Fsp3) is 0.105. The van der Waals surface area contributed by atoms with E-state index in [1.54, 1.807) is 29.1 Å². The van der Waals surface area contributed by atoms with Crippen LogP contribution in [0.25, 0.3) is 6.08 Å². The number of rotatable bonds is 7. The monoisotopic (exact) mass is 352 g/mol. The van der Waals surface area contributed by atoms with Gasteiger partial charge in [0, 0.05) is 17.8 Å². The van der Waals surface area contributed by atoms with Crippen molar-refractivity contribution in [3.05, 3.63) is 82.3 Å². The first-order valence-electron chi connectivity index (χ1n) is 7.68. The summed E-state index contributed by atoms with van der Waals surface area (Å²) in [5.74, 6) is -0.756. The lowest BCUT2D eigenvalue weighted by Crippen LogP contribution is -2.11. The van der Waals surface area contributed by atoms with Crippen LogP contribution in [0.15, 0.2) is 66.3 Å². The van der Waals surface area contributed by atoms with Crippen molar-refractivity contribution in [1.29, 1.82) is 0 Å². The Labute approximate surface area is 149 Å². The molecule has 0 unspecified atom stereocenters. The lowest BCUT2D eigenvalue weighted by Gasteiger charge is -2.00. The van der Waals surface area contributed by atoms with Gasteiger partial charge in [0.2, 0.25) is 5.78 Å². The minimum atomic E-state index is -0.555. The zero-order valence-electron chi connectivity index (χ0n) is 13.4. The van der Waals surface area contributed by atoms with E-state index in [0.29, 0.717) is 11.4 Å². The second-order valence-electron chi connectivity index (χ2n) is 5.30. The van der Waals surface area contributed by atoms with Crippen molar-refractivity contribution in [3.8, 4) is 0 Å². The number of ketones is 1. The number of thiophene rings is 1. The Kier molecular flexibility index (Phi) is 5.53. The number of hydrogen-bond donors (Lipinski definition) is 0. The summed E-state index contributed by atoms with van der Waals surface area (Å²) in [5.41, 5.74) is 1.94. The summed E-state index contributed by atoms with van der Waals surface area (Å²) >= 11 is 1.33. The van der Waals surface area contributed by atoms with Gasteiger partial charge < -0.3 is 4.74 Å². The Balaban J connectivity index is 1.50. The predicted molar refractivity (Wildman–Crippen MR) is 96.4 cm³/mol. The second kappa shape index (κ2) is 8.21. The van der Waals surface area contributed by atoms with Crippen molar-refractivity contribution < 1.29 is 14.3 Å². The maximum Gasteiger partial charge on any atom is 0.331 e. The number of aromatic nitrogens is 2. The van der Waals surface area contributed by atoms with Crippen LogP contribution in [0, 0.1) is 0 Å². The molecule has 2 aromatic heterocycles. The Morgan fingerprint density at radius 1 is 1.16 bits per heavy atom. The molecule has 0 amide bonds. The van der Waals surface area contributed by atoms with Crippen molar-refractivity contribution in [1.82, 2.24) is 9.78 Å². The highest BCUT2D eigenvalue weighted by Crippen LogP contribution is 2.09. The average Bonchev–Trinajstić information content (AvgIpc) is 3.31. The molecule has 2 heterocycles. The third-order valence-electron chi connectivity index (χ3n) is 3.39. The number of esters is 1. The fourth-order valence-electron chi connectivity index (χ4n) is 2.18. The van der Waals surface area contributed by atoms with Gasteiger partial charge in [0.15, 0.2) is 6.61 Å². The molecule has 1 aromatic carbocycles. The summed E-state index contributed by atoms with van der Waals surface area (Å²) in [4.78, 5) is 24.0. The summed E-state index contributed by atoms with van der Waals surface area (Å²) in [6.07, 6.45) is 6.43. The van der Waals surface area contributed by atoms with Gasteiger partial charge in [0.1, 0.15) is 0 Å². The first-order valence-corrected chi connectivity index (χ1v) is 8.56. The molecule has 0 saturated carbocycles. The van der Waals surface area contributed by atoms with Crippen LogP contribution in [0.2, 0.25) is 0 Å². The summed E-state index contributed by atoms with van der Waals surface area (Å²) in [7, 11) is 0. The van der Waals surface area contributed by atoms with Gasteiger partial charge in [-0.1, -0.05) is 36.4 Å². The molecular formula is C19H16N2O3S. The van der Waals surface area contributed by atoms with Crippen LogP contribution in [0.5, 0.6) is 0 Å². The largest absolute Gasteiger partial charge is 0.454 e. The van der Waals surface area contributed by atoms with Crippen molar-refractivity contribution in [3.63, 3.8) is 0 Å². The van der Waals surface area contributed by atoms with Crippen LogP contribution in [0.4, 0.5) is 0 Å². The second-order valence-corrected chi connectivity index (χ2v) is 6.25. The van der Waals surface area contributed by atoms with Gasteiger partial charge in [0.05, 0.1) is 17.6 Å². The van der Waals surface area contributed by atoms with Crippen LogP contribution in [0.3, 0.4) is 0 Å². The number of nitrogens with zero attached hydrogens (tertiary/aromatic N) is 2. The van der Waals surface area contributed by atoms with Crippen LogP contribution in [0.1, 0.15) is 20.8 Å². The Hall–Kier alpha value is -2.99. The summed E-state index contributed by atoms with van der Waals surface area (Å²) in [6, 6.07) is 13.5. The lowest BCUT2D eigenvalue weighted by molar-refractivity contribution is -0.136. The molecule has 3 rings (SSSR count). The molecule has 0 N–H and O–H groups in total. The summed E-state index contributed by atoms with van der Waals surface area (Å²) in [6.45, 7) is 0.408. The number of carbonyl (C=O) groups excluding carboxylic acids is 2. The smallest absolute Gasteiger partial charge is 0.331 e. The number of hydrogen-bond acceptors (Lipinski definition) is 5. The maximum absolute atomic E-state index is 11.8. The number of ether oxygens (including phenoxy) is 1. The van der Waals surface area contributed by atoms with Gasteiger partial charge in [-0.25, -0.2) is 4.79 Å². The molecule has 0 aliphatic carbocycles.